The van der Waals surface area contributed by atoms with Crippen LogP contribution < -0.4 is 5.32 Å². The van der Waals surface area contributed by atoms with Gasteiger partial charge in [0.2, 0.25) is 0 Å². The number of halogens is 2. The van der Waals surface area contributed by atoms with E-state index in [1.807, 2.05) is 0 Å². The van der Waals surface area contributed by atoms with Crippen LogP contribution in [0.5, 0.6) is 0 Å². The summed E-state index contributed by atoms with van der Waals surface area (Å²) in [4.78, 5) is 24.1. The maximum absolute atomic E-state index is 12.5. The van der Waals surface area contributed by atoms with Gasteiger partial charge < -0.3 is 14.8 Å². The van der Waals surface area contributed by atoms with E-state index in [1.54, 1.807) is 27.7 Å². The number of esters is 1. The highest BCUT2D eigenvalue weighted by Crippen LogP contribution is 2.72. The van der Waals surface area contributed by atoms with Crippen LogP contribution in [0.25, 0.3) is 0 Å². The lowest BCUT2D eigenvalue weighted by atomic mass is 10.1. The second-order valence-corrected chi connectivity index (χ2v) is 12.8. The third-order valence-corrected chi connectivity index (χ3v) is 8.28. The van der Waals surface area contributed by atoms with Crippen LogP contribution in [0.3, 0.4) is 0 Å². The molecule has 0 spiro atoms. The molecule has 1 heterocycles. The number of nitrogens with one attached hydrogen (secondary N) is 1. The smallest absolute Gasteiger partial charge is 0.464 e. The number of hydrogen-bond acceptors (Lipinski definition) is 9. The van der Waals surface area contributed by atoms with Gasteiger partial charge in [0.25, 0.3) is 0 Å². The number of carbonyl (C=O) groups excluding carboxylic acids is 2. The maximum atomic E-state index is 12.5. The van der Waals surface area contributed by atoms with Crippen LogP contribution in [0.15, 0.2) is 5.16 Å². The lowest BCUT2D eigenvalue weighted by Crippen LogP contribution is -2.44. The molecule has 1 aliphatic heterocycles. The molecule has 0 aromatic carbocycles. The first kappa shape index (κ1) is 27.0. The number of alkyl carbamates (subject to hydrolysis) is 1. The van der Waals surface area contributed by atoms with Crippen molar-refractivity contribution in [2.75, 3.05) is 13.2 Å². The van der Waals surface area contributed by atoms with Crippen LogP contribution >= 0.6 is 36.3 Å². The summed E-state index contributed by atoms with van der Waals surface area (Å²) >= 11 is 11.3. The summed E-state index contributed by atoms with van der Waals surface area (Å²) < 4.78 is 44.7. The summed E-state index contributed by atoms with van der Waals surface area (Å²) in [7, 11) is 0. The Morgan fingerprint density at radius 2 is 1.90 bits per heavy atom. The number of amides is 1. The largest absolute Gasteiger partial charge is 0.504 e. The van der Waals surface area contributed by atoms with Crippen LogP contribution in [-0.2, 0) is 32.3 Å². The molecule has 3 unspecified atom stereocenters. The van der Waals surface area contributed by atoms with Gasteiger partial charge in [-0.05, 0) is 65.1 Å². The van der Waals surface area contributed by atoms with Crippen LogP contribution in [0.4, 0.5) is 4.79 Å². The standard InChI is InChI=1S/C15H27Cl2N3O8P2/c1-6-25-13(21)12(18-14(22)26-15(3,4)5)9-7-8-10-20-11(2)19-27-30(17,24)28-29(20,16)23/h12H,6-10H2,1-5H3,(H,18,22). The molecule has 1 aliphatic rings. The minimum Gasteiger partial charge on any atom is -0.464 e. The molecule has 0 fully saturated rings. The van der Waals surface area contributed by atoms with E-state index >= 15 is 0 Å². The third kappa shape index (κ3) is 9.43. The highest BCUT2D eigenvalue weighted by atomic mass is 35.7. The summed E-state index contributed by atoms with van der Waals surface area (Å²) in [6, 6.07) is -0.927. The van der Waals surface area contributed by atoms with Gasteiger partial charge in [-0.1, -0.05) is 5.16 Å². The molecule has 0 bridgehead atoms. The van der Waals surface area contributed by atoms with Crippen LogP contribution in [-0.4, -0.2) is 47.4 Å². The zero-order valence-electron chi connectivity index (χ0n) is 17.4. The van der Waals surface area contributed by atoms with Gasteiger partial charge in [-0.25, -0.2) is 18.7 Å². The summed E-state index contributed by atoms with van der Waals surface area (Å²) in [5.74, 6) is -0.528. The van der Waals surface area contributed by atoms with Crippen molar-refractivity contribution in [1.29, 1.82) is 0 Å². The molecular formula is C15H27Cl2N3O8P2. The number of nitrogens with zero attached hydrogens (tertiary/aromatic N) is 2. The van der Waals surface area contributed by atoms with Crippen molar-refractivity contribution >= 4 is 54.2 Å². The normalized spacial score (nSPS) is 25.4. The number of hydrogen-bond donors (Lipinski definition) is 1. The zero-order valence-corrected chi connectivity index (χ0v) is 20.7. The first-order chi connectivity index (χ1) is 13.7. The number of carbonyl (C=O) groups is 2. The Balaban J connectivity index is 2.69. The van der Waals surface area contributed by atoms with E-state index in [4.69, 9.17) is 36.3 Å². The van der Waals surface area contributed by atoms with Crippen molar-refractivity contribution in [3.63, 3.8) is 0 Å². The van der Waals surface area contributed by atoms with Gasteiger partial charge in [0.05, 0.1) is 6.61 Å². The van der Waals surface area contributed by atoms with Crippen molar-refractivity contribution in [3.8, 4) is 0 Å². The molecule has 0 saturated carbocycles. The molecule has 15 heteroatoms. The average molecular weight is 510 g/mol. The molecule has 3 atom stereocenters. The number of oxime groups is 1. The van der Waals surface area contributed by atoms with E-state index in [1.165, 1.54) is 6.92 Å². The number of amidine groups is 1. The van der Waals surface area contributed by atoms with E-state index < -0.39 is 37.5 Å². The third-order valence-electron chi connectivity index (χ3n) is 3.51. The van der Waals surface area contributed by atoms with Gasteiger partial charge in [-0.3, -0.25) is 9.29 Å². The first-order valence-corrected chi connectivity index (χ1v) is 14.1. The second kappa shape index (κ2) is 11.0. The molecule has 0 aliphatic carbocycles. The Kier molecular flexibility index (Phi) is 9.96. The van der Waals surface area contributed by atoms with Gasteiger partial charge in [0.15, 0.2) is 0 Å². The second-order valence-electron chi connectivity index (χ2n) is 7.25. The molecule has 174 valence electrons. The Labute approximate surface area is 185 Å². The summed E-state index contributed by atoms with van der Waals surface area (Å²) in [5, 5.41) is 6.00. The highest BCUT2D eigenvalue weighted by Gasteiger charge is 2.43. The van der Waals surface area contributed by atoms with Gasteiger partial charge in [-0.2, -0.15) is 4.31 Å². The zero-order chi connectivity index (χ0) is 23.2. The monoisotopic (exact) mass is 509 g/mol. The van der Waals surface area contributed by atoms with E-state index in [2.05, 4.69) is 15.1 Å². The predicted octanol–water partition coefficient (Wildman–Crippen LogP) is 4.99. The van der Waals surface area contributed by atoms with E-state index in [0.29, 0.717) is 12.8 Å². The van der Waals surface area contributed by atoms with Crippen molar-refractivity contribution in [2.24, 2.45) is 5.16 Å². The molecule has 1 N–H and O–H groups in total. The lowest BCUT2D eigenvalue weighted by molar-refractivity contribution is -0.145. The lowest BCUT2D eigenvalue weighted by Gasteiger charge is -2.25. The average Bonchev–Trinajstić information content (AvgIpc) is 2.63. The summed E-state index contributed by atoms with van der Waals surface area (Å²) in [6.45, 7) is 0.133. The minimum atomic E-state index is -4.21. The van der Waals surface area contributed by atoms with Crippen molar-refractivity contribution in [2.45, 2.75) is 65.5 Å². The Hall–Kier alpha value is -0.990. The quantitative estimate of drug-likeness (QED) is 0.272. The summed E-state index contributed by atoms with van der Waals surface area (Å²) in [6.07, 6.45) is 0.245. The van der Waals surface area contributed by atoms with Crippen LogP contribution in [0.1, 0.15) is 53.9 Å². The van der Waals surface area contributed by atoms with Crippen molar-refractivity contribution < 1.29 is 37.1 Å². The molecule has 1 amide bonds. The Morgan fingerprint density at radius 3 is 2.47 bits per heavy atom. The molecule has 0 aromatic rings. The highest BCUT2D eigenvalue weighted by molar-refractivity contribution is 7.93. The molecule has 0 aromatic heterocycles. The molecule has 11 nitrogen and oxygen atoms in total. The first-order valence-electron chi connectivity index (χ1n) is 9.15. The summed E-state index contributed by atoms with van der Waals surface area (Å²) in [5.41, 5.74) is -0.724. The number of ether oxygens (including phenoxy) is 2. The molecule has 0 radical (unpaired) electrons. The van der Waals surface area contributed by atoms with Gasteiger partial charge in [0.1, 0.15) is 17.5 Å². The minimum absolute atomic E-state index is 0.0699. The van der Waals surface area contributed by atoms with E-state index in [-0.39, 0.29) is 25.4 Å². The Morgan fingerprint density at radius 1 is 1.27 bits per heavy atom. The molecular weight excluding hydrogens is 483 g/mol. The number of unbranched alkanes of at least 4 members (excludes halogenated alkanes) is 1. The van der Waals surface area contributed by atoms with Gasteiger partial charge >= 0.3 is 25.9 Å². The predicted molar refractivity (Wildman–Crippen MR) is 113 cm³/mol. The van der Waals surface area contributed by atoms with E-state index in [9.17, 15) is 18.7 Å². The molecule has 1 rings (SSSR count). The molecule has 0 saturated heterocycles. The topological polar surface area (TPSA) is 133 Å². The fourth-order valence-corrected chi connectivity index (χ4v) is 7.17. The maximum Gasteiger partial charge on any atom is 0.504 e. The fraction of sp³-hybridized carbons (Fsp3) is 0.800. The van der Waals surface area contributed by atoms with Crippen LogP contribution in [0.2, 0.25) is 0 Å². The number of rotatable bonds is 8. The Bertz CT molecular complexity index is 759. The van der Waals surface area contributed by atoms with Gasteiger partial charge in [-0.15, -0.1) is 0 Å². The van der Waals surface area contributed by atoms with Crippen molar-refractivity contribution in [3.05, 3.63) is 0 Å². The van der Waals surface area contributed by atoms with E-state index in [0.717, 1.165) is 4.67 Å². The van der Waals surface area contributed by atoms with Crippen LogP contribution in [0, 0.1) is 0 Å². The van der Waals surface area contributed by atoms with Crippen molar-refractivity contribution in [1.82, 2.24) is 9.99 Å². The van der Waals surface area contributed by atoms with Gasteiger partial charge in [0, 0.05) is 17.8 Å². The fourth-order valence-electron chi connectivity index (χ4n) is 2.34. The molecule has 30 heavy (non-hydrogen) atoms. The SMILES string of the molecule is CCOC(=O)C(CCCCN1C(C)=NOP(=O)(Cl)OP1(=O)Cl)NC(=O)OC(C)(C)C.